The van der Waals surface area contributed by atoms with Crippen molar-refractivity contribution in [3.8, 4) is 0 Å². The van der Waals surface area contributed by atoms with Crippen LogP contribution in [0.4, 0.5) is 0 Å². The van der Waals surface area contributed by atoms with Gasteiger partial charge in [-0.15, -0.1) is 0 Å². The van der Waals surface area contributed by atoms with Crippen LogP contribution >= 0.6 is 0 Å². The van der Waals surface area contributed by atoms with E-state index in [2.05, 4.69) is 63.9 Å². The van der Waals surface area contributed by atoms with E-state index in [4.69, 9.17) is 0 Å². The topological polar surface area (TPSA) is 49.3 Å². The zero-order valence-electron chi connectivity index (χ0n) is 13.8. The van der Waals surface area contributed by atoms with Gasteiger partial charge in [0, 0.05) is 32.0 Å². The minimum Gasteiger partial charge on any atom is -0.357 e. The lowest BCUT2D eigenvalue weighted by Crippen LogP contribution is -2.38. The molecule has 1 aromatic carbocycles. The van der Waals surface area contributed by atoms with Gasteiger partial charge in [0.05, 0.1) is 0 Å². The number of aliphatic imine (C=N–C) groups is 1. The van der Waals surface area contributed by atoms with E-state index >= 15 is 0 Å². The molecule has 1 heterocycles. The van der Waals surface area contributed by atoms with Crippen LogP contribution in [-0.2, 0) is 12.8 Å². The van der Waals surface area contributed by atoms with Gasteiger partial charge in [-0.05, 0) is 43.4 Å². The van der Waals surface area contributed by atoms with Gasteiger partial charge in [-0.1, -0.05) is 36.4 Å². The second kappa shape index (κ2) is 10.4. The second-order valence-corrected chi connectivity index (χ2v) is 5.39. The highest BCUT2D eigenvalue weighted by Crippen LogP contribution is 2.02. The molecular weight excluding hydrogens is 284 g/mol. The fourth-order valence-electron chi connectivity index (χ4n) is 2.33. The molecule has 0 unspecified atom stereocenters. The molecule has 0 aliphatic carbocycles. The van der Waals surface area contributed by atoms with E-state index in [-0.39, 0.29) is 0 Å². The van der Waals surface area contributed by atoms with Crippen molar-refractivity contribution in [2.75, 3.05) is 19.6 Å². The number of guanidine groups is 1. The largest absolute Gasteiger partial charge is 0.357 e. The molecule has 0 fully saturated rings. The molecule has 0 aliphatic heterocycles. The van der Waals surface area contributed by atoms with E-state index < -0.39 is 0 Å². The van der Waals surface area contributed by atoms with Gasteiger partial charge in [0.1, 0.15) is 0 Å². The molecule has 0 saturated heterocycles. The fraction of sp³-hybridized carbons (Fsp3) is 0.368. The van der Waals surface area contributed by atoms with Crippen molar-refractivity contribution in [1.82, 2.24) is 15.6 Å². The highest BCUT2D eigenvalue weighted by molar-refractivity contribution is 5.79. The van der Waals surface area contributed by atoms with E-state index in [9.17, 15) is 0 Å². The Morgan fingerprint density at radius 1 is 1.00 bits per heavy atom. The Morgan fingerprint density at radius 2 is 1.83 bits per heavy atom. The zero-order valence-corrected chi connectivity index (χ0v) is 13.8. The number of aromatic nitrogens is 1. The minimum absolute atomic E-state index is 0.830. The fourth-order valence-corrected chi connectivity index (χ4v) is 2.33. The van der Waals surface area contributed by atoms with E-state index in [1.807, 2.05) is 12.3 Å². The van der Waals surface area contributed by atoms with Gasteiger partial charge in [-0.3, -0.25) is 9.98 Å². The Hall–Kier alpha value is -2.36. The Kier molecular flexibility index (Phi) is 7.67. The van der Waals surface area contributed by atoms with Crippen molar-refractivity contribution < 1.29 is 0 Å². The van der Waals surface area contributed by atoms with E-state index in [1.54, 1.807) is 6.20 Å². The summed E-state index contributed by atoms with van der Waals surface area (Å²) in [4.78, 5) is 8.77. The number of hydrogen-bond donors (Lipinski definition) is 2. The average molecular weight is 310 g/mol. The smallest absolute Gasteiger partial charge is 0.191 e. The molecule has 0 atom stereocenters. The van der Waals surface area contributed by atoms with Crippen LogP contribution in [-0.4, -0.2) is 30.6 Å². The maximum absolute atomic E-state index is 4.64. The lowest BCUT2D eigenvalue weighted by molar-refractivity contribution is 0.776. The number of pyridine rings is 1. The van der Waals surface area contributed by atoms with Gasteiger partial charge in [-0.25, -0.2) is 0 Å². The highest BCUT2D eigenvalue weighted by atomic mass is 15.2. The summed E-state index contributed by atoms with van der Waals surface area (Å²) in [6, 6.07) is 14.6. The predicted molar refractivity (Wildman–Crippen MR) is 96.7 cm³/mol. The number of rotatable bonds is 8. The number of aryl methyl sites for hydroxylation is 1. The third kappa shape index (κ3) is 6.96. The molecule has 0 spiro atoms. The monoisotopic (exact) mass is 310 g/mol. The highest BCUT2D eigenvalue weighted by Gasteiger charge is 1.98. The van der Waals surface area contributed by atoms with Crippen LogP contribution in [0.15, 0.2) is 59.9 Å². The molecule has 0 aliphatic rings. The number of nitrogens with one attached hydrogen (secondary N) is 2. The molecule has 0 saturated carbocycles. The minimum atomic E-state index is 0.830. The van der Waals surface area contributed by atoms with Gasteiger partial charge in [0.15, 0.2) is 5.96 Å². The first kappa shape index (κ1) is 17.0. The van der Waals surface area contributed by atoms with Crippen LogP contribution in [0.1, 0.15) is 24.5 Å². The van der Waals surface area contributed by atoms with Gasteiger partial charge in [0.2, 0.25) is 0 Å². The van der Waals surface area contributed by atoms with Crippen molar-refractivity contribution in [2.45, 2.75) is 26.2 Å². The summed E-state index contributed by atoms with van der Waals surface area (Å²) in [7, 11) is 0. The summed E-state index contributed by atoms with van der Waals surface area (Å²) in [6.07, 6.45) is 6.78. The summed E-state index contributed by atoms with van der Waals surface area (Å²) in [6.45, 7) is 4.65. The molecular formula is C19H26N4. The zero-order chi connectivity index (χ0) is 16.2. The van der Waals surface area contributed by atoms with Gasteiger partial charge < -0.3 is 10.6 Å². The average Bonchev–Trinajstić information content (AvgIpc) is 2.60. The summed E-state index contributed by atoms with van der Waals surface area (Å²) >= 11 is 0. The summed E-state index contributed by atoms with van der Waals surface area (Å²) < 4.78 is 0. The van der Waals surface area contributed by atoms with Gasteiger partial charge in [-0.2, -0.15) is 0 Å². The molecule has 2 aromatic rings. The molecule has 4 heteroatoms. The summed E-state index contributed by atoms with van der Waals surface area (Å²) in [5.74, 6) is 0.893. The van der Waals surface area contributed by atoms with Crippen LogP contribution in [0, 0.1) is 0 Å². The summed E-state index contributed by atoms with van der Waals surface area (Å²) in [5, 5.41) is 6.67. The molecule has 0 radical (unpaired) electrons. The standard InChI is InChI=1S/C19H26N4/c1-2-21-19(23-15-12-18-11-6-13-20-16-18)22-14-7-10-17-8-4-3-5-9-17/h3-6,8-9,11,13,16H,2,7,10,12,14-15H2,1H3,(H2,21,22,23). The Labute approximate surface area is 139 Å². The maximum atomic E-state index is 4.64. The molecule has 4 nitrogen and oxygen atoms in total. The van der Waals surface area contributed by atoms with Crippen molar-refractivity contribution in [2.24, 2.45) is 4.99 Å². The SMILES string of the molecule is CCNC(=NCCCc1ccccc1)NCCc1cccnc1. The Balaban J connectivity index is 1.71. The van der Waals surface area contributed by atoms with Crippen LogP contribution in [0.25, 0.3) is 0 Å². The Bertz CT molecular complexity index is 566. The van der Waals surface area contributed by atoms with Gasteiger partial charge in [0.25, 0.3) is 0 Å². The third-order valence-corrected chi connectivity index (χ3v) is 3.51. The van der Waals surface area contributed by atoms with E-state index in [1.165, 1.54) is 11.1 Å². The van der Waals surface area contributed by atoms with Crippen molar-refractivity contribution in [1.29, 1.82) is 0 Å². The molecule has 1 aromatic heterocycles. The van der Waals surface area contributed by atoms with Crippen LogP contribution in [0.2, 0.25) is 0 Å². The first-order chi connectivity index (χ1) is 11.4. The van der Waals surface area contributed by atoms with Crippen molar-refractivity contribution >= 4 is 5.96 Å². The molecule has 23 heavy (non-hydrogen) atoms. The number of hydrogen-bond acceptors (Lipinski definition) is 2. The summed E-state index contributed by atoms with van der Waals surface area (Å²) in [5.41, 5.74) is 2.61. The third-order valence-electron chi connectivity index (χ3n) is 3.51. The number of nitrogens with zero attached hydrogens (tertiary/aromatic N) is 2. The first-order valence-corrected chi connectivity index (χ1v) is 8.33. The van der Waals surface area contributed by atoms with Crippen molar-refractivity contribution in [3.63, 3.8) is 0 Å². The van der Waals surface area contributed by atoms with Crippen molar-refractivity contribution in [3.05, 3.63) is 66.0 Å². The Morgan fingerprint density at radius 3 is 2.57 bits per heavy atom. The van der Waals surface area contributed by atoms with Crippen LogP contribution in [0.5, 0.6) is 0 Å². The predicted octanol–water partition coefficient (Wildman–Crippen LogP) is 2.81. The molecule has 122 valence electrons. The van der Waals surface area contributed by atoms with E-state index in [0.717, 1.165) is 44.9 Å². The van der Waals surface area contributed by atoms with Crippen LogP contribution in [0.3, 0.4) is 0 Å². The second-order valence-electron chi connectivity index (χ2n) is 5.39. The van der Waals surface area contributed by atoms with E-state index in [0.29, 0.717) is 0 Å². The maximum Gasteiger partial charge on any atom is 0.191 e. The normalized spacial score (nSPS) is 11.3. The van der Waals surface area contributed by atoms with Gasteiger partial charge >= 0.3 is 0 Å². The molecule has 0 bridgehead atoms. The molecule has 2 N–H and O–H groups in total. The van der Waals surface area contributed by atoms with Crippen LogP contribution < -0.4 is 10.6 Å². The molecule has 2 rings (SSSR count). The molecule has 0 amide bonds. The lowest BCUT2D eigenvalue weighted by atomic mass is 10.1. The lowest BCUT2D eigenvalue weighted by Gasteiger charge is -2.11. The first-order valence-electron chi connectivity index (χ1n) is 8.33. The number of benzene rings is 1. The quantitative estimate of drug-likeness (QED) is 0.448.